The molecule has 1 heterocycles. The van der Waals surface area contributed by atoms with Gasteiger partial charge in [-0.25, -0.2) is 14.8 Å². The maximum Gasteiger partial charge on any atom is 0.414 e. The van der Waals surface area contributed by atoms with Crippen molar-refractivity contribution in [3.63, 3.8) is 0 Å². The van der Waals surface area contributed by atoms with Crippen molar-refractivity contribution in [3.05, 3.63) is 42.7 Å². The Morgan fingerprint density at radius 3 is 2.32 bits per heavy atom. The summed E-state index contributed by atoms with van der Waals surface area (Å²) in [5.41, 5.74) is 1.40. The lowest BCUT2D eigenvalue weighted by Crippen LogP contribution is -2.28. The van der Waals surface area contributed by atoms with Crippen LogP contribution in [0.25, 0.3) is 10.9 Å². The van der Waals surface area contributed by atoms with Gasteiger partial charge in [0, 0.05) is 18.8 Å². The van der Waals surface area contributed by atoms with Gasteiger partial charge in [0.2, 0.25) is 5.88 Å². The van der Waals surface area contributed by atoms with E-state index >= 15 is 0 Å². The first-order chi connectivity index (χ1) is 16.6. The highest BCUT2D eigenvalue weighted by Gasteiger charge is 2.18. The second-order valence-corrected chi connectivity index (χ2v) is 8.49. The molecule has 0 atom stereocenters. The molecule has 1 aromatic heterocycles. The van der Waals surface area contributed by atoms with Gasteiger partial charge >= 0.3 is 6.09 Å². The summed E-state index contributed by atoms with van der Waals surface area (Å²) in [6.45, 7) is 0.486. The topological polar surface area (TPSA) is 83.0 Å². The third kappa shape index (κ3) is 5.50. The molecular formula is C26H31N3O5. The van der Waals surface area contributed by atoms with Gasteiger partial charge in [0.1, 0.15) is 12.1 Å². The third-order valence-corrected chi connectivity index (χ3v) is 6.23. The molecule has 1 fully saturated rings. The second kappa shape index (κ2) is 11.0. The summed E-state index contributed by atoms with van der Waals surface area (Å²) in [7, 11) is 4.86. The number of anilines is 1. The molecule has 0 radical (unpaired) electrons. The van der Waals surface area contributed by atoms with Crippen LogP contribution in [0.15, 0.2) is 42.7 Å². The predicted molar refractivity (Wildman–Crippen MR) is 130 cm³/mol. The maximum absolute atomic E-state index is 12.5. The van der Waals surface area contributed by atoms with Crippen LogP contribution in [0.5, 0.6) is 23.1 Å². The van der Waals surface area contributed by atoms with E-state index in [-0.39, 0.29) is 6.09 Å². The molecule has 0 spiro atoms. The Hall–Kier alpha value is -3.55. The average molecular weight is 466 g/mol. The number of aromatic nitrogens is 2. The fourth-order valence-electron chi connectivity index (χ4n) is 4.21. The molecule has 1 saturated carbocycles. The smallest absolute Gasteiger partial charge is 0.414 e. The van der Waals surface area contributed by atoms with Crippen molar-refractivity contribution in [1.82, 2.24) is 9.97 Å². The molecule has 4 rings (SSSR count). The fourth-order valence-corrected chi connectivity index (χ4v) is 4.21. The zero-order valence-electron chi connectivity index (χ0n) is 20.0. The molecule has 2 aromatic carbocycles. The van der Waals surface area contributed by atoms with Crippen LogP contribution < -0.4 is 19.1 Å². The summed E-state index contributed by atoms with van der Waals surface area (Å²) in [6, 6.07) is 10.8. The van der Waals surface area contributed by atoms with Crippen LogP contribution in [0, 0.1) is 5.92 Å². The van der Waals surface area contributed by atoms with E-state index in [9.17, 15) is 4.79 Å². The van der Waals surface area contributed by atoms with E-state index < -0.39 is 0 Å². The number of rotatable bonds is 7. The Kier molecular flexibility index (Phi) is 7.67. The predicted octanol–water partition coefficient (Wildman–Crippen LogP) is 5.98. The lowest BCUT2D eigenvalue weighted by atomic mass is 10.0. The van der Waals surface area contributed by atoms with Crippen molar-refractivity contribution in [2.24, 2.45) is 5.92 Å². The molecule has 1 aliphatic carbocycles. The third-order valence-electron chi connectivity index (χ3n) is 6.23. The lowest BCUT2D eigenvalue weighted by molar-refractivity contribution is 0.130. The SMILES string of the molecule is COc1cc2ncnc(Oc3ccc(N(C)C(=O)OCC4CCCCCC4)cc3)c2cc1OC. The summed E-state index contributed by atoms with van der Waals surface area (Å²) in [5.74, 6) is 2.59. The zero-order valence-corrected chi connectivity index (χ0v) is 20.0. The monoisotopic (exact) mass is 465 g/mol. The molecule has 0 N–H and O–H groups in total. The first-order valence-corrected chi connectivity index (χ1v) is 11.6. The van der Waals surface area contributed by atoms with E-state index in [2.05, 4.69) is 9.97 Å². The Morgan fingerprint density at radius 2 is 1.65 bits per heavy atom. The van der Waals surface area contributed by atoms with Crippen LogP contribution >= 0.6 is 0 Å². The van der Waals surface area contributed by atoms with Gasteiger partial charge in [0.05, 0.1) is 31.7 Å². The molecule has 34 heavy (non-hydrogen) atoms. The minimum absolute atomic E-state index is 0.347. The van der Waals surface area contributed by atoms with Crippen molar-refractivity contribution < 1.29 is 23.7 Å². The van der Waals surface area contributed by atoms with E-state index in [1.807, 2.05) is 12.1 Å². The molecule has 180 valence electrons. The Balaban J connectivity index is 1.42. The summed E-state index contributed by atoms with van der Waals surface area (Å²) in [5, 5.41) is 0.698. The highest BCUT2D eigenvalue weighted by atomic mass is 16.6. The molecule has 0 aliphatic heterocycles. The van der Waals surface area contributed by atoms with E-state index in [0.29, 0.717) is 46.6 Å². The molecule has 8 heteroatoms. The molecule has 0 bridgehead atoms. The minimum atomic E-state index is -0.347. The largest absolute Gasteiger partial charge is 0.493 e. The van der Waals surface area contributed by atoms with Crippen LogP contribution in [0.2, 0.25) is 0 Å². The van der Waals surface area contributed by atoms with Gasteiger partial charge in [0.25, 0.3) is 0 Å². The van der Waals surface area contributed by atoms with Gasteiger partial charge in [0.15, 0.2) is 11.5 Å². The number of nitrogens with zero attached hydrogens (tertiary/aromatic N) is 3. The molecular weight excluding hydrogens is 434 g/mol. The van der Waals surface area contributed by atoms with Crippen molar-refractivity contribution >= 4 is 22.7 Å². The van der Waals surface area contributed by atoms with Crippen LogP contribution in [-0.4, -0.2) is 43.9 Å². The number of benzene rings is 2. The van der Waals surface area contributed by atoms with Gasteiger partial charge in [-0.1, -0.05) is 25.7 Å². The number of ether oxygens (including phenoxy) is 4. The molecule has 8 nitrogen and oxygen atoms in total. The molecule has 1 amide bonds. The standard InChI is InChI=1S/C26H31N3O5/c1-29(26(30)33-16-18-8-6-4-5-7-9-18)19-10-12-20(13-11-19)34-25-21-14-23(31-2)24(32-3)15-22(21)27-17-28-25/h10-15,17-18H,4-9,16H2,1-3H3. The summed E-state index contributed by atoms with van der Waals surface area (Å²) in [4.78, 5) is 22.6. The summed E-state index contributed by atoms with van der Waals surface area (Å²) >= 11 is 0. The molecule has 0 unspecified atom stereocenters. The molecule has 0 saturated heterocycles. The van der Waals surface area contributed by atoms with E-state index in [0.717, 1.165) is 18.5 Å². The molecule has 3 aromatic rings. The van der Waals surface area contributed by atoms with Crippen molar-refractivity contribution in [2.75, 3.05) is 32.8 Å². The number of methoxy groups -OCH3 is 2. The first-order valence-electron chi connectivity index (χ1n) is 11.6. The van der Waals surface area contributed by atoms with Crippen LogP contribution in [-0.2, 0) is 4.74 Å². The number of carbonyl (C=O) groups excluding carboxylic acids is 1. The highest BCUT2D eigenvalue weighted by Crippen LogP contribution is 2.36. The number of hydrogen-bond acceptors (Lipinski definition) is 7. The molecule has 1 aliphatic rings. The van der Waals surface area contributed by atoms with E-state index in [1.165, 1.54) is 36.9 Å². The van der Waals surface area contributed by atoms with Crippen molar-refractivity contribution in [1.29, 1.82) is 0 Å². The number of amides is 1. The quantitative estimate of drug-likeness (QED) is 0.397. The van der Waals surface area contributed by atoms with Gasteiger partial charge < -0.3 is 18.9 Å². The number of hydrogen-bond donors (Lipinski definition) is 0. The van der Waals surface area contributed by atoms with Crippen LogP contribution in [0.3, 0.4) is 0 Å². The van der Waals surface area contributed by atoms with E-state index in [1.54, 1.807) is 45.5 Å². The number of fused-ring (bicyclic) bond motifs is 1. The second-order valence-electron chi connectivity index (χ2n) is 8.49. The Labute approximate surface area is 199 Å². The first kappa shape index (κ1) is 23.6. The zero-order chi connectivity index (χ0) is 23.9. The lowest BCUT2D eigenvalue weighted by Gasteiger charge is -2.20. The average Bonchev–Trinajstić information content (AvgIpc) is 3.15. The van der Waals surface area contributed by atoms with Crippen molar-refractivity contribution in [3.8, 4) is 23.1 Å². The maximum atomic E-state index is 12.5. The van der Waals surface area contributed by atoms with Crippen molar-refractivity contribution in [2.45, 2.75) is 38.5 Å². The van der Waals surface area contributed by atoms with Gasteiger partial charge in [-0.2, -0.15) is 0 Å². The normalized spacial score (nSPS) is 14.3. The number of carbonyl (C=O) groups is 1. The van der Waals surface area contributed by atoms with Crippen LogP contribution in [0.4, 0.5) is 10.5 Å². The summed E-state index contributed by atoms with van der Waals surface area (Å²) in [6.07, 6.45) is 8.38. The van der Waals surface area contributed by atoms with Gasteiger partial charge in [-0.05, 0) is 49.1 Å². The Morgan fingerprint density at radius 1 is 0.971 bits per heavy atom. The summed E-state index contributed by atoms with van der Waals surface area (Å²) < 4.78 is 22.3. The van der Waals surface area contributed by atoms with Crippen LogP contribution in [0.1, 0.15) is 38.5 Å². The minimum Gasteiger partial charge on any atom is -0.493 e. The van der Waals surface area contributed by atoms with Gasteiger partial charge in [-0.3, -0.25) is 4.90 Å². The highest BCUT2D eigenvalue weighted by molar-refractivity contribution is 5.88. The van der Waals surface area contributed by atoms with Gasteiger partial charge in [-0.15, -0.1) is 0 Å². The Bertz CT molecular complexity index is 1110. The fraction of sp³-hybridized carbons (Fsp3) is 0.423. The van der Waals surface area contributed by atoms with E-state index in [4.69, 9.17) is 18.9 Å².